The first-order chi connectivity index (χ1) is 15.1. The van der Waals surface area contributed by atoms with Gasteiger partial charge in [-0.3, -0.25) is 4.79 Å². The maximum Gasteiger partial charge on any atom is 0.321 e. The summed E-state index contributed by atoms with van der Waals surface area (Å²) in [5, 5.41) is 6.23. The van der Waals surface area contributed by atoms with Gasteiger partial charge >= 0.3 is 6.03 Å². The highest BCUT2D eigenvalue weighted by Gasteiger charge is 2.57. The molecule has 2 atom stereocenters. The minimum absolute atomic E-state index is 0.0547. The Morgan fingerprint density at radius 2 is 1.97 bits per heavy atom. The number of anilines is 2. The number of piperidine rings is 1. The lowest BCUT2D eigenvalue weighted by Crippen LogP contribution is -2.56. The SMILES string of the molecule is COc1cccc(NC(=O)N2CCC3(CC2)NC(=O)[C@@H]2CN(c4ncccn4)C[C@@H]23)c1. The van der Waals surface area contributed by atoms with Crippen molar-refractivity contribution in [3.63, 3.8) is 0 Å². The average molecular weight is 422 g/mol. The quantitative estimate of drug-likeness (QED) is 0.782. The Hall–Kier alpha value is -3.36. The Bertz CT molecular complexity index is 976. The van der Waals surface area contributed by atoms with E-state index in [1.54, 1.807) is 31.6 Å². The number of likely N-dealkylation sites (tertiary alicyclic amines) is 1. The maximum absolute atomic E-state index is 12.8. The Kier molecular flexibility index (Phi) is 4.88. The van der Waals surface area contributed by atoms with Crippen LogP contribution in [0.4, 0.5) is 16.4 Å². The lowest BCUT2D eigenvalue weighted by Gasteiger charge is -2.42. The van der Waals surface area contributed by atoms with Crippen LogP contribution in [0.2, 0.25) is 0 Å². The van der Waals surface area contributed by atoms with Crippen molar-refractivity contribution in [2.45, 2.75) is 18.4 Å². The van der Waals surface area contributed by atoms with E-state index >= 15 is 0 Å². The molecule has 2 aromatic rings. The van der Waals surface area contributed by atoms with Crippen molar-refractivity contribution in [1.29, 1.82) is 0 Å². The normalized spacial score (nSPS) is 24.1. The summed E-state index contributed by atoms with van der Waals surface area (Å²) >= 11 is 0. The monoisotopic (exact) mass is 422 g/mol. The summed E-state index contributed by atoms with van der Waals surface area (Å²) < 4.78 is 5.22. The molecule has 3 aliphatic rings. The van der Waals surface area contributed by atoms with Crippen LogP contribution in [0.1, 0.15) is 12.8 Å². The van der Waals surface area contributed by atoms with E-state index < -0.39 is 0 Å². The standard InChI is InChI=1S/C22H26N6O3/c1-31-16-5-2-4-15(12-16)25-21(30)27-10-6-22(7-11-27)18-14-28(13-17(18)19(29)26-22)20-23-8-3-9-24-20/h2-5,8-9,12,17-18H,6-7,10-11,13-14H2,1H3,(H,25,30)(H,26,29)/t17-,18+/m1/s1. The first-order valence-corrected chi connectivity index (χ1v) is 10.6. The zero-order chi connectivity index (χ0) is 21.4. The molecule has 1 aromatic heterocycles. The van der Waals surface area contributed by atoms with E-state index in [4.69, 9.17) is 4.74 Å². The molecule has 3 amide bonds. The van der Waals surface area contributed by atoms with Gasteiger partial charge in [0.25, 0.3) is 0 Å². The number of fused-ring (bicyclic) bond motifs is 2. The fourth-order valence-electron chi connectivity index (χ4n) is 5.19. The molecule has 0 bridgehead atoms. The number of carbonyl (C=O) groups excluding carboxylic acids is 2. The maximum atomic E-state index is 12.8. The fourth-order valence-corrected chi connectivity index (χ4v) is 5.19. The van der Waals surface area contributed by atoms with Crippen LogP contribution in [-0.2, 0) is 4.79 Å². The molecule has 9 heteroatoms. The van der Waals surface area contributed by atoms with Gasteiger partial charge in [0.2, 0.25) is 11.9 Å². The van der Waals surface area contributed by atoms with E-state index in [-0.39, 0.29) is 29.3 Å². The number of nitrogens with zero attached hydrogens (tertiary/aromatic N) is 4. The lowest BCUT2D eigenvalue weighted by molar-refractivity contribution is -0.122. The number of hydrogen-bond acceptors (Lipinski definition) is 6. The zero-order valence-corrected chi connectivity index (χ0v) is 17.5. The van der Waals surface area contributed by atoms with Gasteiger partial charge < -0.3 is 25.2 Å². The number of amides is 3. The van der Waals surface area contributed by atoms with Crippen LogP contribution in [0.25, 0.3) is 0 Å². The number of ether oxygens (including phenoxy) is 1. The summed E-state index contributed by atoms with van der Waals surface area (Å²) in [4.78, 5) is 38.1. The number of benzene rings is 1. The average Bonchev–Trinajstić information content (AvgIpc) is 3.35. The molecule has 3 fully saturated rings. The number of urea groups is 1. The first kappa shape index (κ1) is 19.6. The Morgan fingerprint density at radius 1 is 1.19 bits per heavy atom. The topological polar surface area (TPSA) is 99.7 Å². The van der Waals surface area contributed by atoms with Crippen LogP contribution in [0.5, 0.6) is 5.75 Å². The smallest absolute Gasteiger partial charge is 0.321 e. The summed E-state index contributed by atoms with van der Waals surface area (Å²) in [5.41, 5.74) is 0.436. The molecule has 0 aliphatic carbocycles. The van der Waals surface area contributed by atoms with E-state index in [9.17, 15) is 9.59 Å². The molecule has 3 aliphatic heterocycles. The van der Waals surface area contributed by atoms with Crippen LogP contribution < -0.4 is 20.3 Å². The van der Waals surface area contributed by atoms with E-state index in [0.29, 0.717) is 37.0 Å². The predicted octanol–water partition coefficient (Wildman–Crippen LogP) is 1.73. The molecule has 1 aromatic carbocycles. The molecule has 2 N–H and O–H groups in total. The van der Waals surface area contributed by atoms with Crippen molar-refractivity contribution in [2.75, 3.05) is 43.5 Å². The van der Waals surface area contributed by atoms with Gasteiger partial charge in [0.1, 0.15) is 5.75 Å². The van der Waals surface area contributed by atoms with Gasteiger partial charge in [0, 0.05) is 61.8 Å². The summed E-state index contributed by atoms with van der Waals surface area (Å²) in [7, 11) is 1.60. The van der Waals surface area contributed by atoms with Crippen molar-refractivity contribution >= 4 is 23.6 Å². The fraction of sp³-hybridized carbons (Fsp3) is 0.455. The number of carbonyl (C=O) groups is 2. The Balaban J connectivity index is 1.24. The van der Waals surface area contributed by atoms with Gasteiger partial charge in [-0.2, -0.15) is 0 Å². The minimum Gasteiger partial charge on any atom is -0.497 e. The van der Waals surface area contributed by atoms with E-state index in [2.05, 4.69) is 25.5 Å². The number of methoxy groups -OCH3 is 1. The third-order valence-electron chi connectivity index (χ3n) is 6.84. The van der Waals surface area contributed by atoms with Gasteiger partial charge in [0.05, 0.1) is 13.0 Å². The third-order valence-corrected chi connectivity index (χ3v) is 6.84. The third kappa shape index (κ3) is 3.54. The molecular formula is C22H26N6O3. The number of hydrogen-bond donors (Lipinski definition) is 2. The van der Waals surface area contributed by atoms with Gasteiger partial charge in [-0.05, 0) is 31.0 Å². The zero-order valence-electron chi connectivity index (χ0n) is 17.5. The van der Waals surface area contributed by atoms with Gasteiger partial charge in [-0.15, -0.1) is 0 Å². The second-order valence-corrected chi connectivity index (χ2v) is 8.46. The summed E-state index contributed by atoms with van der Waals surface area (Å²) in [6.45, 7) is 2.59. The summed E-state index contributed by atoms with van der Waals surface area (Å²) in [5.74, 6) is 1.63. The Labute approximate surface area is 180 Å². The van der Waals surface area contributed by atoms with Crippen LogP contribution in [0.3, 0.4) is 0 Å². The van der Waals surface area contributed by atoms with Crippen molar-refractivity contribution < 1.29 is 14.3 Å². The number of rotatable bonds is 3. The molecule has 5 rings (SSSR count). The molecule has 3 saturated heterocycles. The minimum atomic E-state index is -0.266. The van der Waals surface area contributed by atoms with Gasteiger partial charge in [-0.25, -0.2) is 14.8 Å². The van der Waals surface area contributed by atoms with E-state index in [1.165, 1.54) is 0 Å². The molecule has 162 valence electrons. The van der Waals surface area contributed by atoms with Crippen LogP contribution in [0.15, 0.2) is 42.7 Å². The molecule has 9 nitrogen and oxygen atoms in total. The molecule has 0 unspecified atom stereocenters. The molecule has 4 heterocycles. The van der Waals surface area contributed by atoms with Crippen molar-refractivity contribution in [1.82, 2.24) is 20.2 Å². The summed E-state index contributed by atoms with van der Waals surface area (Å²) in [6, 6.07) is 8.98. The predicted molar refractivity (Wildman–Crippen MR) is 115 cm³/mol. The summed E-state index contributed by atoms with van der Waals surface area (Å²) in [6.07, 6.45) is 4.95. The van der Waals surface area contributed by atoms with E-state index in [1.807, 2.05) is 23.1 Å². The van der Waals surface area contributed by atoms with Crippen LogP contribution in [-0.4, -0.2) is 65.6 Å². The van der Waals surface area contributed by atoms with Crippen molar-refractivity contribution in [2.24, 2.45) is 11.8 Å². The largest absolute Gasteiger partial charge is 0.497 e. The molecule has 31 heavy (non-hydrogen) atoms. The highest BCUT2D eigenvalue weighted by atomic mass is 16.5. The molecular weight excluding hydrogens is 396 g/mol. The van der Waals surface area contributed by atoms with Gasteiger partial charge in [0.15, 0.2) is 0 Å². The number of aromatic nitrogens is 2. The Morgan fingerprint density at radius 3 is 2.71 bits per heavy atom. The second kappa shape index (κ2) is 7.72. The number of nitrogens with one attached hydrogen (secondary N) is 2. The highest BCUT2D eigenvalue weighted by Crippen LogP contribution is 2.44. The highest BCUT2D eigenvalue weighted by molar-refractivity contribution is 5.90. The van der Waals surface area contributed by atoms with Crippen molar-refractivity contribution in [3.05, 3.63) is 42.7 Å². The molecule has 0 radical (unpaired) electrons. The van der Waals surface area contributed by atoms with Crippen LogP contribution in [0, 0.1) is 11.8 Å². The van der Waals surface area contributed by atoms with Crippen molar-refractivity contribution in [3.8, 4) is 5.75 Å². The molecule has 1 spiro atoms. The molecule has 0 saturated carbocycles. The lowest BCUT2D eigenvalue weighted by atomic mass is 9.75. The van der Waals surface area contributed by atoms with E-state index in [0.717, 1.165) is 19.4 Å². The van der Waals surface area contributed by atoms with Crippen LogP contribution >= 0.6 is 0 Å². The first-order valence-electron chi connectivity index (χ1n) is 10.6. The second-order valence-electron chi connectivity index (χ2n) is 8.46. The van der Waals surface area contributed by atoms with Gasteiger partial charge in [-0.1, -0.05) is 6.07 Å².